The summed E-state index contributed by atoms with van der Waals surface area (Å²) < 4.78 is 25.2. The molecule has 0 amide bonds. The van der Waals surface area contributed by atoms with E-state index in [1.165, 1.54) is 0 Å². The van der Waals surface area contributed by atoms with E-state index in [0.717, 1.165) is 11.6 Å². The Kier molecular flexibility index (Phi) is 3.77. The molecule has 5 heteroatoms. The summed E-state index contributed by atoms with van der Waals surface area (Å²) in [6.07, 6.45) is 1.05. The molecule has 0 spiro atoms. The molecule has 0 saturated heterocycles. The molecule has 80 valence electrons. The molecular formula is C10H11NO3S. The highest BCUT2D eigenvalue weighted by Gasteiger charge is 2.15. The van der Waals surface area contributed by atoms with Crippen LogP contribution in [0.2, 0.25) is 0 Å². The standard InChI is InChI=1S/C10H11NO3S/c1-9(7-15(13,14)11-8-12)10-5-3-2-4-6-10/h2-6,9H,7H2,1H3. The highest BCUT2D eigenvalue weighted by Crippen LogP contribution is 2.16. The Hall–Kier alpha value is -1.45. The van der Waals surface area contributed by atoms with Gasteiger partial charge in [-0.05, 0) is 11.5 Å². The Bertz CT molecular complexity index is 461. The van der Waals surface area contributed by atoms with Gasteiger partial charge in [0.25, 0.3) is 16.1 Å². The molecular weight excluding hydrogens is 214 g/mol. The first-order chi connectivity index (χ1) is 7.05. The number of rotatable bonds is 4. The number of sulfonamides is 1. The first-order valence-corrected chi connectivity index (χ1v) is 6.03. The van der Waals surface area contributed by atoms with Gasteiger partial charge in [0.2, 0.25) is 0 Å². The summed E-state index contributed by atoms with van der Waals surface area (Å²) in [6, 6.07) is 9.20. The molecule has 1 aromatic rings. The van der Waals surface area contributed by atoms with Crippen LogP contribution in [0.25, 0.3) is 0 Å². The minimum Gasteiger partial charge on any atom is -0.210 e. The van der Waals surface area contributed by atoms with Crippen LogP contribution in [0.3, 0.4) is 0 Å². The molecule has 0 bridgehead atoms. The molecule has 0 aliphatic heterocycles. The fourth-order valence-electron chi connectivity index (χ4n) is 1.29. The Morgan fingerprint density at radius 2 is 1.93 bits per heavy atom. The van der Waals surface area contributed by atoms with E-state index in [4.69, 9.17) is 0 Å². The van der Waals surface area contributed by atoms with Crippen molar-refractivity contribution in [3.63, 3.8) is 0 Å². The fraction of sp³-hybridized carbons (Fsp3) is 0.300. The van der Waals surface area contributed by atoms with Gasteiger partial charge in [-0.15, -0.1) is 0 Å². The number of carbonyl (C=O) groups excluding carboxylic acids is 1. The summed E-state index contributed by atoms with van der Waals surface area (Å²) in [5.74, 6) is -0.361. The molecule has 1 rings (SSSR count). The maximum Gasteiger partial charge on any atom is 0.264 e. The van der Waals surface area contributed by atoms with Crippen molar-refractivity contribution in [1.82, 2.24) is 0 Å². The topological polar surface area (TPSA) is 63.6 Å². The van der Waals surface area contributed by atoms with Crippen LogP contribution < -0.4 is 0 Å². The first-order valence-electron chi connectivity index (χ1n) is 4.42. The highest BCUT2D eigenvalue weighted by atomic mass is 32.2. The predicted molar refractivity (Wildman–Crippen MR) is 56.8 cm³/mol. The van der Waals surface area contributed by atoms with Gasteiger partial charge in [-0.1, -0.05) is 41.7 Å². The van der Waals surface area contributed by atoms with Crippen molar-refractivity contribution in [2.24, 2.45) is 4.40 Å². The smallest absolute Gasteiger partial charge is 0.210 e. The highest BCUT2D eigenvalue weighted by molar-refractivity contribution is 7.90. The van der Waals surface area contributed by atoms with Crippen molar-refractivity contribution in [2.75, 3.05) is 5.75 Å². The Morgan fingerprint density at radius 1 is 1.33 bits per heavy atom. The van der Waals surface area contributed by atoms with Crippen molar-refractivity contribution >= 4 is 16.1 Å². The summed E-state index contributed by atoms with van der Waals surface area (Å²) in [5, 5.41) is 0. The molecule has 0 aromatic heterocycles. The predicted octanol–water partition coefficient (Wildman–Crippen LogP) is 1.46. The molecule has 1 unspecified atom stereocenters. The molecule has 0 radical (unpaired) electrons. The number of hydrogen-bond acceptors (Lipinski definition) is 3. The van der Waals surface area contributed by atoms with Crippen LogP contribution in [0.5, 0.6) is 0 Å². The molecule has 15 heavy (non-hydrogen) atoms. The zero-order valence-electron chi connectivity index (χ0n) is 8.25. The first kappa shape index (κ1) is 11.6. The Morgan fingerprint density at radius 3 is 2.47 bits per heavy atom. The molecule has 1 atom stereocenters. The third-order valence-corrected chi connectivity index (χ3v) is 3.28. The van der Waals surface area contributed by atoms with Gasteiger partial charge in [-0.3, -0.25) is 0 Å². The monoisotopic (exact) mass is 225 g/mol. The average molecular weight is 225 g/mol. The largest absolute Gasteiger partial charge is 0.264 e. The molecule has 0 aliphatic carbocycles. The SMILES string of the molecule is CC(CS(=O)(=O)N=C=O)c1ccccc1. The van der Waals surface area contributed by atoms with Crippen LogP contribution in [-0.2, 0) is 14.8 Å². The molecule has 0 N–H and O–H groups in total. The Labute approximate surface area is 88.7 Å². The molecule has 4 nitrogen and oxygen atoms in total. The van der Waals surface area contributed by atoms with E-state index in [0.29, 0.717) is 0 Å². The van der Waals surface area contributed by atoms with Crippen LogP contribution >= 0.6 is 0 Å². The summed E-state index contributed by atoms with van der Waals surface area (Å²) in [7, 11) is -3.68. The van der Waals surface area contributed by atoms with Crippen LogP contribution in [0, 0.1) is 0 Å². The van der Waals surface area contributed by atoms with E-state index in [2.05, 4.69) is 4.40 Å². The quantitative estimate of drug-likeness (QED) is 0.575. The number of hydrogen-bond donors (Lipinski definition) is 0. The Balaban J connectivity index is 2.81. The van der Waals surface area contributed by atoms with Gasteiger partial charge in [0.05, 0.1) is 5.75 Å². The summed E-state index contributed by atoms with van der Waals surface area (Å²) in [6.45, 7) is 1.77. The lowest BCUT2D eigenvalue weighted by Crippen LogP contribution is -2.09. The lowest BCUT2D eigenvalue weighted by molar-refractivity contribution is 0.563. The number of benzene rings is 1. The minimum atomic E-state index is -3.68. The van der Waals surface area contributed by atoms with E-state index in [9.17, 15) is 13.2 Å². The zero-order chi connectivity index (χ0) is 11.3. The average Bonchev–Trinajstić information content (AvgIpc) is 2.18. The zero-order valence-corrected chi connectivity index (χ0v) is 9.07. The fourth-order valence-corrected chi connectivity index (χ4v) is 2.30. The maximum absolute atomic E-state index is 11.2. The normalized spacial score (nSPS) is 12.9. The maximum atomic E-state index is 11.2. The summed E-state index contributed by atoms with van der Waals surface area (Å²) in [5.41, 5.74) is 0.905. The van der Waals surface area contributed by atoms with Crippen LogP contribution in [-0.4, -0.2) is 20.3 Å². The lowest BCUT2D eigenvalue weighted by Gasteiger charge is -2.08. The molecule has 0 heterocycles. The third-order valence-electron chi connectivity index (χ3n) is 2.01. The van der Waals surface area contributed by atoms with Crippen LogP contribution in [0.1, 0.15) is 18.4 Å². The summed E-state index contributed by atoms with van der Waals surface area (Å²) in [4.78, 5) is 9.87. The number of isocyanates is 1. The molecule has 0 aliphatic rings. The van der Waals surface area contributed by atoms with Crippen LogP contribution in [0.4, 0.5) is 0 Å². The lowest BCUT2D eigenvalue weighted by atomic mass is 10.0. The van der Waals surface area contributed by atoms with Gasteiger partial charge in [-0.25, -0.2) is 13.2 Å². The minimum absolute atomic E-state index is 0.174. The van der Waals surface area contributed by atoms with Crippen molar-refractivity contribution < 1.29 is 13.2 Å². The van der Waals surface area contributed by atoms with Gasteiger partial charge in [0.1, 0.15) is 0 Å². The van der Waals surface area contributed by atoms with Crippen molar-refractivity contribution in [3.05, 3.63) is 35.9 Å². The van der Waals surface area contributed by atoms with Crippen molar-refractivity contribution in [3.8, 4) is 0 Å². The molecule has 0 saturated carbocycles. The van der Waals surface area contributed by atoms with Gasteiger partial charge < -0.3 is 0 Å². The second kappa shape index (κ2) is 4.87. The third kappa shape index (κ3) is 3.65. The van der Waals surface area contributed by atoms with Gasteiger partial charge in [0.15, 0.2) is 0 Å². The van der Waals surface area contributed by atoms with Crippen molar-refractivity contribution in [1.29, 1.82) is 0 Å². The van der Waals surface area contributed by atoms with Gasteiger partial charge >= 0.3 is 0 Å². The molecule has 0 fully saturated rings. The van der Waals surface area contributed by atoms with E-state index in [1.54, 1.807) is 6.92 Å². The van der Waals surface area contributed by atoms with E-state index in [1.807, 2.05) is 30.3 Å². The van der Waals surface area contributed by atoms with Crippen LogP contribution in [0.15, 0.2) is 34.7 Å². The number of nitrogens with zero attached hydrogens (tertiary/aromatic N) is 1. The van der Waals surface area contributed by atoms with Crippen molar-refractivity contribution in [2.45, 2.75) is 12.8 Å². The van der Waals surface area contributed by atoms with E-state index in [-0.39, 0.29) is 11.7 Å². The van der Waals surface area contributed by atoms with E-state index < -0.39 is 10.0 Å². The second-order valence-electron chi connectivity index (χ2n) is 3.24. The van der Waals surface area contributed by atoms with E-state index >= 15 is 0 Å². The second-order valence-corrected chi connectivity index (χ2v) is 4.92. The van der Waals surface area contributed by atoms with Gasteiger partial charge in [0, 0.05) is 0 Å². The summed E-state index contributed by atoms with van der Waals surface area (Å²) >= 11 is 0. The molecule has 1 aromatic carbocycles. The van der Waals surface area contributed by atoms with Gasteiger partial charge in [-0.2, -0.15) is 0 Å².